The number of barbiturate groups is 1. The second-order valence-electron chi connectivity index (χ2n) is 9.40. The van der Waals surface area contributed by atoms with Crippen LogP contribution in [0.25, 0.3) is 6.08 Å². The van der Waals surface area contributed by atoms with Gasteiger partial charge in [-0.2, -0.15) is 0 Å². The summed E-state index contributed by atoms with van der Waals surface area (Å²) in [5.74, 6) is -1.42. The highest BCUT2D eigenvalue weighted by Crippen LogP contribution is 2.33. The Labute approximate surface area is 263 Å². The van der Waals surface area contributed by atoms with Gasteiger partial charge in [-0.1, -0.05) is 65.7 Å². The van der Waals surface area contributed by atoms with E-state index >= 15 is 0 Å². The maximum Gasteiger partial charge on any atom is 0.343 e. The maximum absolute atomic E-state index is 13.6. The Bertz CT molecular complexity index is 1700. The van der Waals surface area contributed by atoms with E-state index in [1.165, 1.54) is 12.1 Å². The Balaban J connectivity index is 1.43. The first-order valence-electron chi connectivity index (χ1n) is 13.5. The monoisotopic (exact) mass is 629 g/mol. The van der Waals surface area contributed by atoms with Gasteiger partial charge < -0.3 is 14.8 Å². The Morgan fingerprint density at radius 2 is 1.36 bits per heavy atom. The SMILES string of the molecule is CCOc1cc(C=C2C(=O)N(c3ccccc3)C(=O)N(c3ccccc3)C2=O)ccc1OCC(=O)Nc1ccc(Cl)c(Cl)c1. The molecule has 1 aliphatic heterocycles. The molecule has 1 N–H and O–H groups in total. The molecule has 0 bridgehead atoms. The molecule has 0 unspecified atom stereocenters. The van der Waals surface area contributed by atoms with E-state index in [0.29, 0.717) is 32.7 Å². The number of ether oxygens (including phenoxy) is 2. The number of urea groups is 1. The van der Waals surface area contributed by atoms with Crippen LogP contribution in [-0.2, 0) is 14.4 Å². The molecule has 1 saturated heterocycles. The largest absolute Gasteiger partial charge is 0.490 e. The van der Waals surface area contributed by atoms with Crippen molar-refractivity contribution in [3.05, 3.63) is 118 Å². The van der Waals surface area contributed by atoms with Crippen LogP contribution in [0.3, 0.4) is 0 Å². The molecule has 11 heteroatoms. The van der Waals surface area contributed by atoms with Crippen LogP contribution in [0.2, 0.25) is 10.0 Å². The molecule has 9 nitrogen and oxygen atoms in total. The zero-order valence-electron chi connectivity index (χ0n) is 23.3. The molecule has 0 aliphatic carbocycles. The van der Waals surface area contributed by atoms with Crippen molar-refractivity contribution < 1.29 is 28.7 Å². The summed E-state index contributed by atoms with van der Waals surface area (Å²) < 4.78 is 11.5. The number of anilines is 3. The number of nitrogens with zero attached hydrogens (tertiary/aromatic N) is 2. The van der Waals surface area contributed by atoms with E-state index in [9.17, 15) is 19.2 Å². The average Bonchev–Trinajstić information content (AvgIpc) is 3.02. The van der Waals surface area contributed by atoms with E-state index in [4.69, 9.17) is 32.7 Å². The van der Waals surface area contributed by atoms with Crippen LogP contribution < -0.4 is 24.6 Å². The lowest BCUT2D eigenvalue weighted by Gasteiger charge is -2.33. The van der Waals surface area contributed by atoms with Crippen molar-refractivity contribution >= 4 is 70.1 Å². The molecular weight excluding hydrogens is 605 g/mol. The summed E-state index contributed by atoms with van der Waals surface area (Å²) >= 11 is 11.9. The lowest BCUT2D eigenvalue weighted by molar-refractivity contribution is -0.121. The van der Waals surface area contributed by atoms with Crippen LogP contribution in [0, 0.1) is 0 Å². The summed E-state index contributed by atoms with van der Waals surface area (Å²) in [6.45, 7) is 1.72. The van der Waals surface area contributed by atoms with Crippen molar-refractivity contribution in [2.24, 2.45) is 0 Å². The Hall–Kier alpha value is -5.12. The van der Waals surface area contributed by atoms with E-state index in [1.54, 1.807) is 97.9 Å². The van der Waals surface area contributed by atoms with Gasteiger partial charge in [0.1, 0.15) is 5.57 Å². The minimum Gasteiger partial charge on any atom is -0.490 e. The number of carbonyl (C=O) groups excluding carboxylic acids is 4. The van der Waals surface area contributed by atoms with E-state index in [-0.39, 0.29) is 30.3 Å². The van der Waals surface area contributed by atoms with Gasteiger partial charge in [0.2, 0.25) is 0 Å². The van der Waals surface area contributed by atoms with Gasteiger partial charge in [-0.3, -0.25) is 14.4 Å². The number of nitrogens with one attached hydrogen (secondary N) is 1. The highest BCUT2D eigenvalue weighted by atomic mass is 35.5. The Morgan fingerprint density at radius 1 is 0.750 bits per heavy atom. The van der Waals surface area contributed by atoms with E-state index in [1.807, 2.05) is 0 Å². The fraction of sp³-hybridized carbons (Fsp3) is 0.0909. The highest BCUT2D eigenvalue weighted by Gasteiger charge is 2.43. The number of carbonyl (C=O) groups is 4. The highest BCUT2D eigenvalue weighted by molar-refractivity contribution is 6.46. The van der Waals surface area contributed by atoms with Crippen LogP contribution in [0.4, 0.5) is 21.9 Å². The molecule has 44 heavy (non-hydrogen) atoms. The topological polar surface area (TPSA) is 105 Å². The minimum atomic E-state index is -0.785. The van der Waals surface area contributed by atoms with Gasteiger partial charge in [0.05, 0.1) is 28.0 Å². The predicted octanol–water partition coefficient (Wildman–Crippen LogP) is 6.99. The third-order valence-electron chi connectivity index (χ3n) is 6.42. The van der Waals surface area contributed by atoms with Crippen molar-refractivity contribution in [3.8, 4) is 11.5 Å². The van der Waals surface area contributed by atoms with Crippen LogP contribution in [0.5, 0.6) is 11.5 Å². The van der Waals surface area contributed by atoms with Gasteiger partial charge in [0.25, 0.3) is 17.7 Å². The van der Waals surface area contributed by atoms with Crippen LogP contribution in [-0.4, -0.2) is 37.0 Å². The summed E-state index contributed by atoms with van der Waals surface area (Å²) in [5, 5.41) is 3.34. The van der Waals surface area contributed by atoms with E-state index in [0.717, 1.165) is 9.80 Å². The Kier molecular flexibility index (Phi) is 9.28. The molecule has 0 radical (unpaired) electrons. The van der Waals surface area contributed by atoms with Gasteiger partial charge in [-0.15, -0.1) is 0 Å². The molecule has 1 fully saturated rings. The lowest BCUT2D eigenvalue weighted by Crippen LogP contribution is -2.57. The molecular formula is C33H25Cl2N3O6. The molecule has 5 amide bonds. The number of imide groups is 2. The van der Waals surface area contributed by atoms with Crippen molar-refractivity contribution in [2.75, 3.05) is 28.3 Å². The zero-order chi connectivity index (χ0) is 31.2. The van der Waals surface area contributed by atoms with Crippen molar-refractivity contribution in [3.63, 3.8) is 0 Å². The summed E-state index contributed by atoms with van der Waals surface area (Å²) in [7, 11) is 0. The first-order chi connectivity index (χ1) is 21.3. The normalized spacial score (nSPS) is 13.2. The molecule has 1 aliphatic rings. The van der Waals surface area contributed by atoms with E-state index < -0.39 is 23.8 Å². The molecule has 5 rings (SSSR count). The summed E-state index contributed by atoms with van der Waals surface area (Å²) in [6.07, 6.45) is 1.40. The summed E-state index contributed by atoms with van der Waals surface area (Å²) in [4.78, 5) is 55.2. The molecule has 0 spiro atoms. The minimum absolute atomic E-state index is 0.227. The van der Waals surface area contributed by atoms with Crippen molar-refractivity contribution in [1.29, 1.82) is 0 Å². The second-order valence-corrected chi connectivity index (χ2v) is 10.2. The number of halogens is 2. The maximum atomic E-state index is 13.6. The fourth-order valence-corrected chi connectivity index (χ4v) is 4.72. The smallest absolute Gasteiger partial charge is 0.343 e. The van der Waals surface area contributed by atoms with Crippen LogP contribution >= 0.6 is 23.2 Å². The Morgan fingerprint density at radius 3 is 1.93 bits per heavy atom. The number of amides is 5. The number of benzene rings is 4. The van der Waals surface area contributed by atoms with Gasteiger partial charge in [-0.25, -0.2) is 14.6 Å². The van der Waals surface area contributed by atoms with E-state index in [2.05, 4.69) is 5.32 Å². The zero-order valence-corrected chi connectivity index (χ0v) is 24.8. The van der Waals surface area contributed by atoms with Crippen molar-refractivity contribution in [1.82, 2.24) is 0 Å². The van der Waals surface area contributed by atoms with Gasteiger partial charge >= 0.3 is 6.03 Å². The number of hydrogen-bond donors (Lipinski definition) is 1. The van der Waals surface area contributed by atoms with Crippen LogP contribution in [0.1, 0.15) is 12.5 Å². The second kappa shape index (κ2) is 13.5. The molecule has 1 heterocycles. The summed E-state index contributed by atoms with van der Waals surface area (Å²) in [6, 6.07) is 25.4. The molecule has 4 aromatic rings. The van der Waals surface area contributed by atoms with Gasteiger partial charge in [0.15, 0.2) is 18.1 Å². The molecule has 0 atom stereocenters. The molecule has 4 aromatic carbocycles. The molecule has 0 saturated carbocycles. The predicted molar refractivity (Wildman–Crippen MR) is 169 cm³/mol. The molecule has 222 valence electrons. The van der Waals surface area contributed by atoms with Crippen molar-refractivity contribution in [2.45, 2.75) is 6.92 Å². The first-order valence-corrected chi connectivity index (χ1v) is 14.2. The quantitative estimate of drug-likeness (QED) is 0.158. The number of hydrogen-bond acceptors (Lipinski definition) is 6. The third-order valence-corrected chi connectivity index (χ3v) is 7.16. The standard InChI is InChI=1S/C33H25Cl2N3O6/c1-2-43-29-18-21(13-16-28(29)44-20-30(39)36-22-14-15-26(34)27(35)19-22)17-25-31(40)37(23-9-5-3-6-10-23)33(42)38(32(25)41)24-11-7-4-8-12-24/h3-19H,2,20H2,1H3,(H,36,39). The third kappa shape index (κ3) is 6.59. The van der Waals surface area contributed by atoms with Gasteiger partial charge in [-0.05, 0) is 73.2 Å². The fourth-order valence-electron chi connectivity index (χ4n) is 4.42. The van der Waals surface area contributed by atoms with Gasteiger partial charge in [0, 0.05) is 5.69 Å². The summed E-state index contributed by atoms with van der Waals surface area (Å²) in [5.41, 5.74) is 1.30. The molecule has 0 aromatic heterocycles. The lowest BCUT2D eigenvalue weighted by atomic mass is 10.0. The number of rotatable bonds is 9. The average molecular weight is 630 g/mol. The van der Waals surface area contributed by atoms with Crippen LogP contribution in [0.15, 0.2) is 103 Å². The first kappa shape index (κ1) is 30.3. The number of para-hydroxylation sites is 2.